The molecule has 0 unspecified atom stereocenters. The zero-order valence-corrected chi connectivity index (χ0v) is 21.0. The number of ether oxygens (including phenoxy) is 2. The van der Waals surface area contributed by atoms with E-state index in [1.165, 1.54) is 44.6 Å². The lowest BCUT2D eigenvalue weighted by Crippen LogP contribution is -2.30. The predicted molar refractivity (Wildman–Crippen MR) is 133 cm³/mol. The summed E-state index contributed by atoms with van der Waals surface area (Å²) in [5.41, 5.74) is 0.349. The van der Waals surface area contributed by atoms with Gasteiger partial charge < -0.3 is 9.47 Å². The molecular formula is C29H42O4. The second-order valence-electron chi connectivity index (χ2n) is 11.0. The molecule has 182 valence electrons. The molecule has 2 saturated carbocycles. The van der Waals surface area contributed by atoms with E-state index < -0.39 is 5.60 Å². The quantitative estimate of drug-likeness (QED) is 0.245. The van der Waals surface area contributed by atoms with E-state index in [0.29, 0.717) is 5.75 Å². The van der Waals surface area contributed by atoms with Crippen molar-refractivity contribution in [3.8, 4) is 5.75 Å². The molecule has 0 N–H and O–H groups in total. The van der Waals surface area contributed by atoms with Gasteiger partial charge in [0.05, 0.1) is 5.92 Å². The van der Waals surface area contributed by atoms with E-state index in [0.717, 1.165) is 49.0 Å². The highest BCUT2D eigenvalue weighted by Crippen LogP contribution is 2.42. The van der Waals surface area contributed by atoms with Crippen molar-refractivity contribution in [2.24, 2.45) is 23.7 Å². The number of carbonyl (C=O) groups is 2. The Labute approximate surface area is 200 Å². The van der Waals surface area contributed by atoms with Crippen LogP contribution < -0.4 is 4.74 Å². The molecule has 2 aliphatic carbocycles. The molecule has 0 heterocycles. The maximum atomic E-state index is 12.7. The van der Waals surface area contributed by atoms with Gasteiger partial charge in [0.2, 0.25) is 0 Å². The minimum absolute atomic E-state index is 0.0180. The smallest absolute Gasteiger partial charge is 0.331 e. The summed E-state index contributed by atoms with van der Waals surface area (Å²) < 4.78 is 10.9. The lowest BCUT2D eigenvalue weighted by atomic mass is 9.69. The molecule has 0 atom stereocenters. The number of carbonyl (C=O) groups excluding carboxylic acids is 2. The average molecular weight is 455 g/mol. The SMILES string of the molecule is CCCC1CCC(C2CCC(C(=O)Oc3ccc(/C=C/C(=O)OC(C)(C)C)cc3)CC2)CC1. The van der Waals surface area contributed by atoms with Gasteiger partial charge in [-0.25, -0.2) is 4.79 Å². The van der Waals surface area contributed by atoms with Crippen LogP contribution in [0.5, 0.6) is 5.75 Å². The van der Waals surface area contributed by atoms with Gasteiger partial charge in [-0.1, -0.05) is 44.7 Å². The predicted octanol–water partition coefficient (Wildman–Crippen LogP) is 7.36. The van der Waals surface area contributed by atoms with Crippen molar-refractivity contribution in [3.05, 3.63) is 35.9 Å². The third-order valence-corrected chi connectivity index (χ3v) is 7.28. The fourth-order valence-corrected chi connectivity index (χ4v) is 5.53. The highest BCUT2D eigenvalue weighted by atomic mass is 16.6. The largest absolute Gasteiger partial charge is 0.457 e. The Morgan fingerprint density at radius 1 is 0.909 bits per heavy atom. The van der Waals surface area contributed by atoms with E-state index in [-0.39, 0.29) is 17.9 Å². The lowest BCUT2D eigenvalue weighted by Gasteiger charge is -2.37. The Bertz CT molecular complexity index is 786. The Balaban J connectivity index is 1.41. The molecular weight excluding hydrogens is 412 g/mol. The summed E-state index contributed by atoms with van der Waals surface area (Å²) >= 11 is 0. The molecule has 1 aromatic rings. The van der Waals surface area contributed by atoms with Crippen LogP contribution in [0.15, 0.2) is 30.3 Å². The molecule has 0 aromatic heterocycles. The molecule has 3 rings (SSSR count). The molecule has 0 amide bonds. The zero-order chi connectivity index (χ0) is 23.8. The summed E-state index contributed by atoms with van der Waals surface area (Å²) in [4.78, 5) is 24.5. The molecule has 0 aliphatic heterocycles. The minimum Gasteiger partial charge on any atom is -0.457 e. The second-order valence-corrected chi connectivity index (χ2v) is 11.0. The standard InChI is InChI=1S/C29H42O4/c1-5-6-21-7-12-23(13-8-21)24-14-16-25(17-15-24)28(31)32-26-18-9-22(10-19-26)11-20-27(30)33-29(2,3)4/h9-11,18-21,23-25H,5-8,12-17H2,1-4H3/b20-11+. The van der Waals surface area contributed by atoms with Gasteiger partial charge in [0.1, 0.15) is 11.4 Å². The molecule has 2 aliphatic rings. The average Bonchev–Trinajstić information content (AvgIpc) is 2.78. The van der Waals surface area contributed by atoms with Crippen LogP contribution in [0, 0.1) is 23.7 Å². The van der Waals surface area contributed by atoms with Crippen LogP contribution in [-0.2, 0) is 14.3 Å². The highest BCUT2D eigenvalue weighted by molar-refractivity contribution is 5.87. The molecule has 0 bridgehead atoms. The van der Waals surface area contributed by atoms with Gasteiger partial charge in [-0.05, 0) is 101 Å². The first-order chi connectivity index (χ1) is 15.7. The first-order valence-electron chi connectivity index (χ1n) is 13.0. The number of rotatable bonds is 7. The van der Waals surface area contributed by atoms with Crippen molar-refractivity contribution >= 4 is 18.0 Å². The van der Waals surface area contributed by atoms with E-state index in [2.05, 4.69) is 6.92 Å². The van der Waals surface area contributed by atoms with Gasteiger partial charge in [0, 0.05) is 6.08 Å². The fraction of sp³-hybridized carbons (Fsp3) is 0.655. The van der Waals surface area contributed by atoms with Gasteiger partial charge in [0.25, 0.3) is 0 Å². The summed E-state index contributed by atoms with van der Waals surface area (Å²) in [6.45, 7) is 7.82. The topological polar surface area (TPSA) is 52.6 Å². The van der Waals surface area contributed by atoms with Crippen molar-refractivity contribution in [1.29, 1.82) is 0 Å². The molecule has 0 radical (unpaired) electrons. The number of hydrogen-bond acceptors (Lipinski definition) is 4. The van der Waals surface area contributed by atoms with E-state index in [1.54, 1.807) is 18.2 Å². The van der Waals surface area contributed by atoms with Gasteiger partial charge in [0.15, 0.2) is 0 Å². The van der Waals surface area contributed by atoms with E-state index in [9.17, 15) is 9.59 Å². The number of benzene rings is 1. The van der Waals surface area contributed by atoms with Crippen LogP contribution in [0.25, 0.3) is 6.08 Å². The van der Waals surface area contributed by atoms with Crippen molar-refractivity contribution in [2.75, 3.05) is 0 Å². The maximum absolute atomic E-state index is 12.7. The van der Waals surface area contributed by atoms with Gasteiger partial charge in [-0.3, -0.25) is 4.79 Å². The van der Waals surface area contributed by atoms with Crippen LogP contribution >= 0.6 is 0 Å². The maximum Gasteiger partial charge on any atom is 0.331 e. The Kier molecular flexibility index (Phi) is 9.17. The third kappa shape index (κ3) is 8.32. The molecule has 33 heavy (non-hydrogen) atoms. The minimum atomic E-state index is -0.507. The van der Waals surface area contributed by atoms with Crippen molar-refractivity contribution in [2.45, 2.75) is 97.5 Å². The first-order valence-corrected chi connectivity index (χ1v) is 13.0. The van der Waals surface area contributed by atoms with E-state index in [4.69, 9.17) is 9.47 Å². The normalized spacial score (nSPS) is 26.2. The van der Waals surface area contributed by atoms with Crippen molar-refractivity contribution < 1.29 is 19.1 Å². The van der Waals surface area contributed by atoms with Crippen molar-refractivity contribution in [3.63, 3.8) is 0 Å². The molecule has 4 heteroatoms. The second kappa shape index (κ2) is 11.9. The molecule has 0 saturated heterocycles. The first kappa shape index (κ1) is 25.5. The van der Waals surface area contributed by atoms with Crippen LogP contribution in [0.2, 0.25) is 0 Å². The fourth-order valence-electron chi connectivity index (χ4n) is 5.53. The molecule has 4 nitrogen and oxygen atoms in total. The summed E-state index contributed by atoms with van der Waals surface area (Å²) in [6, 6.07) is 7.25. The Hall–Kier alpha value is -2.10. The molecule has 2 fully saturated rings. The highest BCUT2D eigenvalue weighted by Gasteiger charge is 2.33. The van der Waals surface area contributed by atoms with Gasteiger partial charge in [-0.15, -0.1) is 0 Å². The Morgan fingerprint density at radius 2 is 1.48 bits per heavy atom. The van der Waals surface area contributed by atoms with Crippen LogP contribution in [0.4, 0.5) is 0 Å². The van der Waals surface area contributed by atoms with Crippen LogP contribution in [0.1, 0.15) is 97.5 Å². The Morgan fingerprint density at radius 3 is 2.03 bits per heavy atom. The summed E-state index contributed by atoms with van der Waals surface area (Å²) in [5, 5.41) is 0. The summed E-state index contributed by atoms with van der Waals surface area (Å²) in [5.74, 6) is 2.73. The number of hydrogen-bond donors (Lipinski definition) is 0. The van der Waals surface area contributed by atoms with Gasteiger partial charge in [-0.2, -0.15) is 0 Å². The van der Waals surface area contributed by atoms with Crippen LogP contribution in [-0.4, -0.2) is 17.5 Å². The number of esters is 2. The van der Waals surface area contributed by atoms with Gasteiger partial charge >= 0.3 is 11.9 Å². The van der Waals surface area contributed by atoms with E-state index >= 15 is 0 Å². The summed E-state index contributed by atoms with van der Waals surface area (Å²) in [6.07, 6.45) is 15.7. The van der Waals surface area contributed by atoms with Crippen LogP contribution in [0.3, 0.4) is 0 Å². The molecule has 0 spiro atoms. The monoisotopic (exact) mass is 454 g/mol. The lowest BCUT2D eigenvalue weighted by molar-refractivity contribution is -0.148. The van der Waals surface area contributed by atoms with Crippen molar-refractivity contribution in [1.82, 2.24) is 0 Å². The summed E-state index contributed by atoms with van der Waals surface area (Å²) in [7, 11) is 0. The molecule has 1 aromatic carbocycles. The van der Waals surface area contributed by atoms with E-state index in [1.807, 2.05) is 32.9 Å². The zero-order valence-electron chi connectivity index (χ0n) is 21.0. The third-order valence-electron chi connectivity index (χ3n) is 7.28.